The molecule has 4 aromatic rings. The van der Waals surface area contributed by atoms with Gasteiger partial charge in [-0.1, -0.05) is 11.8 Å². The van der Waals surface area contributed by atoms with Crippen molar-refractivity contribution in [1.29, 1.82) is 0 Å². The van der Waals surface area contributed by atoms with Crippen LogP contribution in [-0.4, -0.2) is 11.8 Å². The van der Waals surface area contributed by atoms with Crippen molar-refractivity contribution in [2.24, 2.45) is 0 Å². The monoisotopic (exact) mass is 516 g/mol. The number of carbonyl (C=O) groups is 2. The summed E-state index contributed by atoms with van der Waals surface area (Å²) in [4.78, 5) is 31.7. The van der Waals surface area contributed by atoms with Crippen molar-refractivity contribution in [3.05, 3.63) is 91.3 Å². The molecule has 0 aliphatic heterocycles. The van der Waals surface area contributed by atoms with Crippen molar-refractivity contribution in [1.82, 2.24) is 0 Å². The third-order valence-electron chi connectivity index (χ3n) is 6.40. The first-order valence-electron chi connectivity index (χ1n) is 11.8. The summed E-state index contributed by atoms with van der Waals surface area (Å²) < 4.78 is 0. The maximum Gasteiger partial charge on any atom is 0.265 e. The quantitative estimate of drug-likeness (QED) is 0.280. The second kappa shape index (κ2) is 9.64. The number of aryl methyl sites for hydroxylation is 4. The van der Waals surface area contributed by atoms with Crippen LogP contribution < -0.4 is 10.6 Å². The fraction of sp³-hybridized carbons (Fsp3) is 0.214. The average Bonchev–Trinajstić information content (AvgIpc) is 3.62. The number of carbonyl (C=O) groups excluding carboxylic acids is 2. The molecule has 2 aliphatic rings. The SMILES string of the molecule is O=C(Nc1ccc(Sc2ccc(NC(=O)c3cc4c(s3)CCC4)cc2)cc1)c1cc2c(s1)CCC2. The summed E-state index contributed by atoms with van der Waals surface area (Å²) in [5.41, 5.74) is 4.27. The van der Waals surface area contributed by atoms with Gasteiger partial charge in [-0.25, -0.2) is 0 Å². The minimum absolute atomic E-state index is 0.0328. The van der Waals surface area contributed by atoms with Crippen LogP contribution in [0.15, 0.2) is 70.5 Å². The van der Waals surface area contributed by atoms with Crippen LogP contribution in [0.3, 0.4) is 0 Å². The smallest absolute Gasteiger partial charge is 0.265 e. The van der Waals surface area contributed by atoms with Gasteiger partial charge >= 0.3 is 0 Å². The van der Waals surface area contributed by atoms with Crippen molar-refractivity contribution in [3.63, 3.8) is 0 Å². The number of hydrogen-bond donors (Lipinski definition) is 2. The largest absolute Gasteiger partial charge is 0.321 e. The molecule has 0 fully saturated rings. The van der Waals surface area contributed by atoms with E-state index >= 15 is 0 Å². The number of amides is 2. The van der Waals surface area contributed by atoms with Gasteiger partial charge < -0.3 is 10.6 Å². The molecule has 0 spiro atoms. The summed E-state index contributed by atoms with van der Waals surface area (Å²) in [5, 5.41) is 6.02. The second-order valence-corrected chi connectivity index (χ2v) is 12.3. The van der Waals surface area contributed by atoms with Gasteiger partial charge in [0.25, 0.3) is 11.8 Å². The molecular formula is C28H24N2O2S3. The average molecular weight is 517 g/mol. The first-order valence-corrected chi connectivity index (χ1v) is 14.3. The Morgan fingerprint density at radius 1 is 0.629 bits per heavy atom. The molecule has 2 aliphatic carbocycles. The molecule has 2 aromatic heterocycles. The van der Waals surface area contributed by atoms with Gasteiger partial charge in [-0.15, -0.1) is 22.7 Å². The van der Waals surface area contributed by atoms with Crippen molar-refractivity contribution in [2.75, 3.05) is 10.6 Å². The van der Waals surface area contributed by atoms with E-state index in [4.69, 9.17) is 0 Å². The Morgan fingerprint density at radius 3 is 1.46 bits per heavy atom. The molecule has 35 heavy (non-hydrogen) atoms. The van der Waals surface area contributed by atoms with Crippen molar-refractivity contribution >= 4 is 57.6 Å². The first kappa shape index (κ1) is 22.6. The van der Waals surface area contributed by atoms with Gasteiger partial charge in [-0.3, -0.25) is 9.59 Å². The highest BCUT2D eigenvalue weighted by Gasteiger charge is 2.19. The van der Waals surface area contributed by atoms with Crippen LogP contribution in [0.4, 0.5) is 11.4 Å². The summed E-state index contributed by atoms with van der Waals surface area (Å²) >= 11 is 4.89. The highest BCUT2D eigenvalue weighted by atomic mass is 32.2. The fourth-order valence-corrected chi connectivity index (χ4v) is 7.73. The summed E-state index contributed by atoms with van der Waals surface area (Å²) in [6.45, 7) is 0. The van der Waals surface area contributed by atoms with E-state index in [2.05, 4.69) is 10.6 Å². The number of hydrogen-bond acceptors (Lipinski definition) is 5. The number of rotatable bonds is 6. The normalized spacial score (nSPS) is 13.9. The lowest BCUT2D eigenvalue weighted by Crippen LogP contribution is -2.10. The second-order valence-electron chi connectivity index (χ2n) is 8.88. The molecule has 2 N–H and O–H groups in total. The van der Waals surface area contributed by atoms with E-state index in [9.17, 15) is 9.59 Å². The van der Waals surface area contributed by atoms with E-state index in [1.54, 1.807) is 34.4 Å². The third-order valence-corrected chi connectivity index (χ3v) is 9.89. The summed E-state index contributed by atoms with van der Waals surface area (Å²) in [6.07, 6.45) is 6.79. The molecule has 7 heteroatoms. The fourth-order valence-electron chi connectivity index (χ4n) is 4.62. The van der Waals surface area contributed by atoms with Gasteiger partial charge in [0, 0.05) is 30.9 Å². The molecule has 0 unspecified atom stereocenters. The lowest BCUT2D eigenvalue weighted by Gasteiger charge is -2.07. The molecule has 0 saturated heterocycles. The Morgan fingerprint density at radius 2 is 1.06 bits per heavy atom. The Labute approximate surface area is 216 Å². The van der Waals surface area contributed by atoms with E-state index in [1.807, 2.05) is 60.7 Å². The maximum absolute atomic E-state index is 12.6. The molecule has 0 bridgehead atoms. The summed E-state index contributed by atoms with van der Waals surface area (Å²) in [6, 6.07) is 19.9. The van der Waals surface area contributed by atoms with Gasteiger partial charge in [0.15, 0.2) is 0 Å². The van der Waals surface area contributed by atoms with Gasteiger partial charge in [-0.05, 0) is 110 Å². The summed E-state index contributed by atoms with van der Waals surface area (Å²) in [7, 11) is 0. The number of fused-ring (bicyclic) bond motifs is 2. The topological polar surface area (TPSA) is 58.2 Å². The molecule has 0 atom stereocenters. The Kier molecular flexibility index (Phi) is 6.22. The van der Waals surface area contributed by atoms with E-state index in [1.165, 1.54) is 33.7 Å². The van der Waals surface area contributed by atoms with Crippen molar-refractivity contribution in [2.45, 2.75) is 48.3 Å². The standard InChI is InChI=1S/C28H24N2O2S3/c31-27(25-15-17-3-1-5-23(17)34-25)29-19-7-11-21(12-8-19)33-22-13-9-20(10-14-22)30-28(32)26-16-18-4-2-6-24(18)35-26/h7-16H,1-6H2,(H,29,31)(H,30,32). The van der Waals surface area contributed by atoms with Gasteiger partial charge in [0.05, 0.1) is 9.75 Å². The van der Waals surface area contributed by atoms with Gasteiger partial charge in [0.1, 0.15) is 0 Å². The highest BCUT2D eigenvalue weighted by Crippen LogP contribution is 2.33. The third kappa shape index (κ3) is 4.94. The van der Waals surface area contributed by atoms with E-state index < -0.39 is 0 Å². The number of benzene rings is 2. The molecule has 6 rings (SSSR count). The van der Waals surface area contributed by atoms with E-state index in [-0.39, 0.29) is 11.8 Å². The van der Waals surface area contributed by atoms with Crippen molar-refractivity contribution in [3.8, 4) is 0 Å². The molecule has 176 valence electrons. The van der Waals surface area contributed by atoms with Gasteiger partial charge in [0.2, 0.25) is 0 Å². The summed E-state index contributed by atoms with van der Waals surface area (Å²) in [5.74, 6) is -0.0656. The van der Waals surface area contributed by atoms with Crippen molar-refractivity contribution < 1.29 is 9.59 Å². The van der Waals surface area contributed by atoms with Crippen LogP contribution in [0.2, 0.25) is 0 Å². The zero-order valence-corrected chi connectivity index (χ0v) is 21.5. The number of thiophene rings is 2. The molecule has 0 saturated carbocycles. The molecule has 2 aromatic carbocycles. The van der Waals surface area contributed by atoms with E-state index in [0.29, 0.717) is 0 Å². The maximum atomic E-state index is 12.6. The molecule has 0 radical (unpaired) electrons. The Hall–Kier alpha value is -2.87. The predicted molar refractivity (Wildman–Crippen MR) is 146 cm³/mol. The predicted octanol–water partition coefficient (Wildman–Crippen LogP) is 7.44. The van der Waals surface area contributed by atoms with Crippen LogP contribution in [-0.2, 0) is 25.7 Å². The highest BCUT2D eigenvalue weighted by molar-refractivity contribution is 7.99. The Bertz CT molecular complexity index is 1250. The molecule has 4 nitrogen and oxygen atoms in total. The number of anilines is 2. The van der Waals surface area contributed by atoms with Crippen LogP contribution in [0.25, 0.3) is 0 Å². The zero-order valence-electron chi connectivity index (χ0n) is 19.1. The van der Waals surface area contributed by atoms with Crippen LogP contribution >= 0.6 is 34.4 Å². The zero-order chi connectivity index (χ0) is 23.8. The first-order chi connectivity index (χ1) is 17.1. The van der Waals surface area contributed by atoms with Gasteiger partial charge in [-0.2, -0.15) is 0 Å². The number of nitrogens with one attached hydrogen (secondary N) is 2. The van der Waals surface area contributed by atoms with E-state index in [0.717, 1.165) is 56.6 Å². The lowest BCUT2D eigenvalue weighted by atomic mass is 10.2. The van der Waals surface area contributed by atoms with Crippen LogP contribution in [0.1, 0.15) is 53.1 Å². The molecule has 2 heterocycles. The molecule has 2 amide bonds. The van der Waals surface area contributed by atoms with Crippen LogP contribution in [0.5, 0.6) is 0 Å². The minimum atomic E-state index is -0.0328. The lowest BCUT2D eigenvalue weighted by molar-refractivity contribution is 0.102. The van der Waals surface area contributed by atoms with Crippen LogP contribution in [0, 0.1) is 0 Å². The minimum Gasteiger partial charge on any atom is -0.321 e. The molecular weight excluding hydrogens is 493 g/mol. The Balaban J connectivity index is 1.04.